The highest BCUT2D eigenvalue weighted by atomic mass is 16.5. The lowest BCUT2D eigenvalue weighted by Crippen LogP contribution is -2.26. The number of pyridine rings is 1. The third-order valence-corrected chi connectivity index (χ3v) is 3.15. The van der Waals surface area contributed by atoms with Crippen LogP contribution >= 0.6 is 0 Å². The Morgan fingerprint density at radius 2 is 1.95 bits per heavy atom. The number of carboxylic acids is 1. The summed E-state index contributed by atoms with van der Waals surface area (Å²) in [6, 6.07) is 6.39. The molecule has 0 aliphatic heterocycles. The van der Waals surface area contributed by atoms with Crippen molar-refractivity contribution in [3.05, 3.63) is 36.0 Å². The zero-order valence-corrected chi connectivity index (χ0v) is 12.2. The van der Waals surface area contributed by atoms with E-state index >= 15 is 0 Å². The Morgan fingerprint density at radius 1 is 1.24 bits per heavy atom. The van der Waals surface area contributed by atoms with Gasteiger partial charge in [0.1, 0.15) is 12.4 Å². The molecule has 0 spiro atoms. The molecule has 1 heterocycles. The second-order valence-corrected chi connectivity index (χ2v) is 5.80. The number of nitrogens with zero attached hydrogens (tertiary/aromatic N) is 1. The van der Waals surface area contributed by atoms with E-state index in [1.165, 1.54) is 12.3 Å². The van der Waals surface area contributed by atoms with Gasteiger partial charge in [-0.1, -0.05) is 20.8 Å². The molecule has 0 bridgehead atoms. The van der Waals surface area contributed by atoms with Gasteiger partial charge in [0, 0.05) is 17.0 Å². The fourth-order valence-electron chi connectivity index (χ4n) is 1.77. The Balaban J connectivity index is 2.28. The first kappa shape index (κ1) is 15.0. The second kappa shape index (κ2) is 5.52. The summed E-state index contributed by atoms with van der Waals surface area (Å²) < 4.78 is 5.47. The highest BCUT2D eigenvalue weighted by molar-refractivity contribution is 6.02. The van der Waals surface area contributed by atoms with Gasteiger partial charge in [-0.25, -0.2) is 4.79 Å². The summed E-state index contributed by atoms with van der Waals surface area (Å²) in [6.45, 7) is 5.43. The number of Topliss-reactive ketones (excluding diaryl/α,β-unsaturated/α-hetero) is 1. The van der Waals surface area contributed by atoms with E-state index < -0.39 is 11.4 Å². The third-order valence-electron chi connectivity index (χ3n) is 3.15. The van der Waals surface area contributed by atoms with E-state index in [0.29, 0.717) is 16.7 Å². The van der Waals surface area contributed by atoms with E-state index in [0.717, 1.165) is 0 Å². The molecule has 2 rings (SSSR count). The number of hydrogen-bond donors (Lipinski definition) is 1. The monoisotopic (exact) mass is 287 g/mol. The molecule has 0 aliphatic carbocycles. The van der Waals surface area contributed by atoms with Crippen LogP contribution in [0.5, 0.6) is 5.75 Å². The van der Waals surface area contributed by atoms with Crippen LogP contribution in [-0.2, 0) is 4.79 Å². The highest BCUT2D eigenvalue weighted by Crippen LogP contribution is 2.23. The molecule has 110 valence electrons. The van der Waals surface area contributed by atoms with E-state index in [4.69, 9.17) is 4.74 Å². The van der Waals surface area contributed by atoms with Crippen molar-refractivity contribution in [3.8, 4) is 5.75 Å². The van der Waals surface area contributed by atoms with Crippen molar-refractivity contribution in [3.63, 3.8) is 0 Å². The highest BCUT2D eigenvalue weighted by Gasteiger charge is 2.21. The quantitative estimate of drug-likeness (QED) is 0.935. The minimum Gasteiger partial charge on any atom is -0.486 e. The lowest BCUT2D eigenvalue weighted by Gasteiger charge is -2.17. The lowest BCUT2D eigenvalue weighted by molar-refractivity contribution is -0.128. The van der Waals surface area contributed by atoms with Gasteiger partial charge in [-0.3, -0.25) is 9.78 Å². The molecule has 0 amide bonds. The molecule has 0 saturated carbocycles. The summed E-state index contributed by atoms with van der Waals surface area (Å²) in [5, 5.41) is 9.67. The number of carbonyl (C=O) groups is 2. The smallest absolute Gasteiger partial charge is 0.336 e. The van der Waals surface area contributed by atoms with Crippen molar-refractivity contribution in [1.29, 1.82) is 0 Å². The minimum atomic E-state index is -1.02. The molecule has 1 N–H and O–H groups in total. The largest absolute Gasteiger partial charge is 0.486 e. The fraction of sp³-hybridized carbons (Fsp3) is 0.312. The van der Waals surface area contributed by atoms with Crippen molar-refractivity contribution in [1.82, 2.24) is 4.98 Å². The standard InChI is InChI=1S/C16H17NO4/c1-16(2,3)14(18)9-21-10-4-5-13-12(8-10)11(15(19)20)6-7-17-13/h4-8H,9H2,1-3H3,(H,19,20). The number of fused-ring (bicyclic) bond motifs is 1. The number of rotatable bonds is 4. The maximum atomic E-state index is 11.8. The van der Waals surface area contributed by atoms with E-state index in [9.17, 15) is 14.7 Å². The van der Waals surface area contributed by atoms with Gasteiger partial charge in [0.05, 0.1) is 11.1 Å². The first-order valence-electron chi connectivity index (χ1n) is 6.57. The van der Waals surface area contributed by atoms with Crippen molar-refractivity contribution >= 4 is 22.7 Å². The summed E-state index contributed by atoms with van der Waals surface area (Å²) in [5.41, 5.74) is 0.266. The van der Waals surface area contributed by atoms with Gasteiger partial charge in [0.25, 0.3) is 0 Å². The van der Waals surface area contributed by atoms with Crippen molar-refractivity contribution in [2.24, 2.45) is 5.41 Å². The van der Waals surface area contributed by atoms with Crippen LogP contribution in [0.25, 0.3) is 10.9 Å². The third kappa shape index (κ3) is 3.37. The first-order valence-corrected chi connectivity index (χ1v) is 6.57. The molecular formula is C16H17NO4. The minimum absolute atomic E-state index is 0.0211. The predicted molar refractivity (Wildman–Crippen MR) is 78.7 cm³/mol. The van der Waals surface area contributed by atoms with Gasteiger partial charge >= 0.3 is 5.97 Å². The van der Waals surface area contributed by atoms with Crippen LogP contribution in [0.2, 0.25) is 0 Å². The fourth-order valence-corrected chi connectivity index (χ4v) is 1.77. The molecule has 5 nitrogen and oxygen atoms in total. The SMILES string of the molecule is CC(C)(C)C(=O)COc1ccc2nccc(C(=O)O)c2c1. The maximum Gasteiger partial charge on any atom is 0.336 e. The number of aromatic carboxylic acids is 1. The normalized spacial score (nSPS) is 11.4. The number of ether oxygens (including phenoxy) is 1. The van der Waals surface area contributed by atoms with Crippen molar-refractivity contribution in [2.75, 3.05) is 6.61 Å². The van der Waals surface area contributed by atoms with Crippen LogP contribution in [-0.4, -0.2) is 28.4 Å². The van der Waals surface area contributed by atoms with Crippen LogP contribution in [0.15, 0.2) is 30.5 Å². The Kier molecular flexibility index (Phi) is 3.93. The van der Waals surface area contributed by atoms with Crippen molar-refractivity contribution in [2.45, 2.75) is 20.8 Å². The summed E-state index contributed by atoms with van der Waals surface area (Å²) >= 11 is 0. The Bertz CT molecular complexity index is 701. The molecule has 0 fully saturated rings. The molecule has 0 saturated heterocycles. The number of benzene rings is 1. The summed E-state index contributed by atoms with van der Waals surface area (Å²) in [5.74, 6) is -0.590. The van der Waals surface area contributed by atoms with E-state index in [1.54, 1.807) is 18.2 Å². The maximum absolute atomic E-state index is 11.8. The molecule has 5 heteroatoms. The first-order chi connectivity index (χ1) is 9.79. The summed E-state index contributed by atoms with van der Waals surface area (Å²) in [6.07, 6.45) is 1.45. The number of carbonyl (C=O) groups excluding carboxylic acids is 1. The molecular weight excluding hydrogens is 270 g/mol. The molecule has 2 aromatic rings. The molecule has 0 radical (unpaired) electrons. The molecule has 1 aromatic carbocycles. The second-order valence-electron chi connectivity index (χ2n) is 5.80. The molecule has 21 heavy (non-hydrogen) atoms. The topological polar surface area (TPSA) is 76.5 Å². The number of aromatic nitrogens is 1. The van der Waals surface area contributed by atoms with Gasteiger partial charge in [-0.05, 0) is 24.3 Å². The van der Waals surface area contributed by atoms with Gasteiger partial charge < -0.3 is 9.84 Å². The zero-order chi connectivity index (χ0) is 15.6. The number of carboxylic acid groups (broad SMARTS) is 1. The zero-order valence-electron chi connectivity index (χ0n) is 12.2. The van der Waals surface area contributed by atoms with Crippen LogP contribution in [0.4, 0.5) is 0 Å². The molecule has 0 atom stereocenters. The van der Waals surface area contributed by atoms with Crippen molar-refractivity contribution < 1.29 is 19.4 Å². The lowest BCUT2D eigenvalue weighted by atomic mass is 9.91. The molecule has 1 aromatic heterocycles. The number of hydrogen-bond acceptors (Lipinski definition) is 4. The van der Waals surface area contributed by atoms with E-state index in [2.05, 4.69) is 4.98 Å². The Morgan fingerprint density at radius 3 is 2.57 bits per heavy atom. The Labute approximate surface area is 122 Å². The predicted octanol–water partition coefficient (Wildman–Crippen LogP) is 2.93. The van der Waals surface area contributed by atoms with E-state index in [1.807, 2.05) is 20.8 Å². The van der Waals surface area contributed by atoms with Gasteiger partial charge in [-0.15, -0.1) is 0 Å². The van der Waals surface area contributed by atoms with Gasteiger partial charge in [0.15, 0.2) is 5.78 Å². The van der Waals surface area contributed by atoms with Gasteiger partial charge in [0.2, 0.25) is 0 Å². The summed E-state index contributed by atoms with van der Waals surface area (Å²) in [4.78, 5) is 27.2. The average molecular weight is 287 g/mol. The average Bonchev–Trinajstić information content (AvgIpc) is 2.42. The summed E-state index contributed by atoms with van der Waals surface area (Å²) in [7, 11) is 0. The molecule has 0 aliphatic rings. The molecule has 0 unspecified atom stereocenters. The van der Waals surface area contributed by atoms with Crippen LogP contribution < -0.4 is 4.74 Å². The van der Waals surface area contributed by atoms with E-state index in [-0.39, 0.29) is 18.0 Å². The number of ketones is 1. The Hall–Kier alpha value is -2.43. The van der Waals surface area contributed by atoms with Crippen LogP contribution in [0, 0.1) is 5.41 Å². The van der Waals surface area contributed by atoms with Crippen LogP contribution in [0.1, 0.15) is 31.1 Å². The van der Waals surface area contributed by atoms with Crippen LogP contribution in [0.3, 0.4) is 0 Å². The van der Waals surface area contributed by atoms with Gasteiger partial charge in [-0.2, -0.15) is 0 Å².